The summed E-state index contributed by atoms with van der Waals surface area (Å²) in [5, 5.41) is 1.67. The molecule has 1 unspecified atom stereocenters. The second-order valence-corrected chi connectivity index (χ2v) is 5.75. The fraction of sp³-hybridized carbons (Fsp3) is 0.357. The molecule has 2 aromatic rings. The molecule has 2 rings (SSSR count). The highest BCUT2D eigenvalue weighted by Gasteiger charge is 2.07. The molecule has 19 heavy (non-hydrogen) atoms. The molecule has 0 radical (unpaired) electrons. The maximum Gasteiger partial charge on any atom is 0.193 e. The van der Waals surface area contributed by atoms with E-state index in [2.05, 4.69) is 21.0 Å². The van der Waals surface area contributed by atoms with Crippen molar-refractivity contribution in [3.05, 3.63) is 41.3 Å². The van der Waals surface area contributed by atoms with Crippen LogP contribution < -0.4 is 5.73 Å². The Balaban J connectivity index is 2.15. The van der Waals surface area contributed by atoms with E-state index in [0.717, 1.165) is 27.7 Å². The predicted molar refractivity (Wildman–Crippen MR) is 77.2 cm³/mol. The van der Waals surface area contributed by atoms with E-state index in [-0.39, 0.29) is 6.04 Å². The van der Waals surface area contributed by atoms with Crippen molar-refractivity contribution in [1.29, 1.82) is 0 Å². The Morgan fingerprint density at radius 3 is 2.42 bits per heavy atom. The van der Waals surface area contributed by atoms with Crippen LogP contribution in [0.4, 0.5) is 0 Å². The average Bonchev–Trinajstić information content (AvgIpc) is 2.34. The average molecular weight is 274 g/mol. The molecule has 100 valence electrons. The quantitative estimate of drug-likeness (QED) is 0.868. The summed E-state index contributed by atoms with van der Waals surface area (Å²) in [6.45, 7) is 6.02. The Kier molecular flexibility index (Phi) is 4.50. The molecule has 1 atom stereocenters. The molecule has 4 nitrogen and oxygen atoms in total. The first-order valence-electron chi connectivity index (χ1n) is 6.22. The number of aryl methyl sites for hydroxylation is 2. The number of aromatic nitrogens is 3. The van der Waals surface area contributed by atoms with Gasteiger partial charge >= 0.3 is 0 Å². The van der Waals surface area contributed by atoms with Crippen molar-refractivity contribution >= 4 is 11.8 Å². The minimum Gasteiger partial charge on any atom is -0.328 e. The summed E-state index contributed by atoms with van der Waals surface area (Å²) >= 11 is 1.49. The van der Waals surface area contributed by atoms with Crippen molar-refractivity contribution in [3.63, 3.8) is 0 Å². The molecule has 2 heterocycles. The van der Waals surface area contributed by atoms with Crippen LogP contribution in [0, 0.1) is 13.8 Å². The van der Waals surface area contributed by atoms with Gasteiger partial charge < -0.3 is 5.73 Å². The van der Waals surface area contributed by atoms with Gasteiger partial charge in [0, 0.05) is 24.6 Å². The van der Waals surface area contributed by atoms with Crippen molar-refractivity contribution in [2.24, 2.45) is 5.73 Å². The van der Waals surface area contributed by atoms with Gasteiger partial charge in [-0.15, -0.1) is 0 Å². The third-order valence-electron chi connectivity index (χ3n) is 2.59. The second kappa shape index (κ2) is 6.12. The van der Waals surface area contributed by atoms with Crippen molar-refractivity contribution in [1.82, 2.24) is 15.0 Å². The molecule has 0 aliphatic carbocycles. The Hall–Kier alpha value is -1.46. The van der Waals surface area contributed by atoms with Gasteiger partial charge in [-0.3, -0.25) is 0 Å². The maximum atomic E-state index is 5.80. The smallest absolute Gasteiger partial charge is 0.193 e. The molecule has 0 aromatic carbocycles. The maximum absolute atomic E-state index is 5.80. The third kappa shape index (κ3) is 4.01. The van der Waals surface area contributed by atoms with Gasteiger partial charge in [-0.05, 0) is 55.6 Å². The lowest BCUT2D eigenvalue weighted by atomic mass is 10.1. The van der Waals surface area contributed by atoms with E-state index in [1.54, 1.807) is 0 Å². The van der Waals surface area contributed by atoms with Crippen LogP contribution in [0.15, 0.2) is 34.8 Å². The SMILES string of the molecule is Cc1cnc(Sc2ncc(CC(C)N)cc2C)nc1. The fourth-order valence-corrected chi connectivity index (χ4v) is 2.44. The monoisotopic (exact) mass is 274 g/mol. The number of nitrogens with two attached hydrogens (primary N) is 1. The third-order valence-corrected chi connectivity index (χ3v) is 3.60. The van der Waals surface area contributed by atoms with Crippen LogP contribution in [-0.4, -0.2) is 21.0 Å². The fourth-order valence-electron chi connectivity index (χ4n) is 1.73. The van der Waals surface area contributed by atoms with E-state index in [1.807, 2.05) is 39.4 Å². The topological polar surface area (TPSA) is 64.7 Å². The summed E-state index contributed by atoms with van der Waals surface area (Å²) in [5.41, 5.74) is 9.15. The van der Waals surface area contributed by atoms with Crippen LogP contribution >= 0.6 is 11.8 Å². The highest BCUT2D eigenvalue weighted by molar-refractivity contribution is 7.99. The molecule has 2 aromatic heterocycles. The van der Waals surface area contributed by atoms with Crippen LogP contribution in [0.2, 0.25) is 0 Å². The standard InChI is InChI=1S/C14H18N4S/c1-9-6-17-14(18-7-9)19-13-10(2)4-12(8-16-13)5-11(3)15/h4,6-8,11H,5,15H2,1-3H3. The summed E-state index contributed by atoms with van der Waals surface area (Å²) in [6, 6.07) is 2.28. The van der Waals surface area contributed by atoms with Crippen molar-refractivity contribution < 1.29 is 0 Å². The van der Waals surface area contributed by atoms with Gasteiger partial charge in [0.05, 0.1) is 0 Å². The molecular formula is C14H18N4S. The Labute approximate surface area is 117 Å². The Bertz CT molecular complexity index is 552. The largest absolute Gasteiger partial charge is 0.328 e. The number of hydrogen-bond acceptors (Lipinski definition) is 5. The molecule has 0 bridgehead atoms. The molecule has 0 fully saturated rings. The molecular weight excluding hydrogens is 256 g/mol. The molecule has 0 spiro atoms. The minimum atomic E-state index is 0.153. The Morgan fingerprint density at radius 1 is 1.16 bits per heavy atom. The minimum absolute atomic E-state index is 0.153. The van der Waals surface area contributed by atoms with E-state index in [9.17, 15) is 0 Å². The van der Waals surface area contributed by atoms with Gasteiger partial charge in [-0.25, -0.2) is 15.0 Å². The van der Waals surface area contributed by atoms with Gasteiger partial charge in [-0.2, -0.15) is 0 Å². The van der Waals surface area contributed by atoms with E-state index in [1.165, 1.54) is 17.3 Å². The summed E-state index contributed by atoms with van der Waals surface area (Å²) < 4.78 is 0. The lowest BCUT2D eigenvalue weighted by molar-refractivity contribution is 0.733. The van der Waals surface area contributed by atoms with E-state index < -0.39 is 0 Å². The first kappa shape index (κ1) is 14.0. The van der Waals surface area contributed by atoms with Crippen molar-refractivity contribution in [2.45, 2.75) is 43.4 Å². The molecule has 5 heteroatoms. The summed E-state index contributed by atoms with van der Waals surface area (Å²) in [7, 11) is 0. The highest BCUT2D eigenvalue weighted by atomic mass is 32.2. The number of rotatable bonds is 4. The van der Waals surface area contributed by atoms with Gasteiger partial charge in [0.25, 0.3) is 0 Å². The van der Waals surface area contributed by atoms with Gasteiger partial charge in [0.1, 0.15) is 5.03 Å². The van der Waals surface area contributed by atoms with Gasteiger partial charge in [0.15, 0.2) is 5.16 Å². The molecule has 0 saturated carbocycles. The van der Waals surface area contributed by atoms with Crippen LogP contribution in [0.5, 0.6) is 0 Å². The Morgan fingerprint density at radius 2 is 1.84 bits per heavy atom. The zero-order valence-electron chi connectivity index (χ0n) is 11.4. The molecule has 0 amide bonds. The number of pyridine rings is 1. The number of hydrogen-bond donors (Lipinski definition) is 1. The van der Waals surface area contributed by atoms with Crippen LogP contribution in [0.25, 0.3) is 0 Å². The molecule has 0 saturated heterocycles. The van der Waals surface area contributed by atoms with Crippen LogP contribution in [0.3, 0.4) is 0 Å². The van der Waals surface area contributed by atoms with Crippen molar-refractivity contribution in [2.75, 3.05) is 0 Å². The molecule has 0 aliphatic rings. The molecule has 2 N–H and O–H groups in total. The molecule has 0 aliphatic heterocycles. The zero-order valence-corrected chi connectivity index (χ0v) is 12.2. The highest BCUT2D eigenvalue weighted by Crippen LogP contribution is 2.25. The summed E-state index contributed by atoms with van der Waals surface area (Å²) in [5.74, 6) is 0. The van der Waals surface area contributed by atoms with Gasteiger partial charge in [-0.1, -0.05) is 6.07 Å². The first-order chi connectivity index (χ1) is 9.04. The van der Waals surface area contributed by atoms with E-state index >= 15 is 0 Å². The lowest BCUT2D eigenvalue weighted by Crippen LogP contribution is -2.17. The van der Waals surface area contributed by atoms with Gasteiger partial charge in [0.2, 0.25) is 0 Å². The number of nitrogens with zero attached hydrogens (tertiary/aromatic N) is 3. The summed E-state index contributed by atoms with van der Waals surface area (Å²) in [4.78, 5) is 13.0. The van der Waals surface area contributed by atoms with E-state index in [4.69, 9.17) is 5.73 Å². The van der Waals surface area contributed by atoms with Crippen molar-refractivity contribution in [3.8, 4) is 0 Å². The first-order valence-corrected chi connectivity index (χ1v) is 7.04. The predicted octanol–water partition coefficient (Wildman–Crippen LogP) is 2.53. The second-order valence-electron chi connectivity index (χ2n) is 4.79. The zero-order chi connectivity index (χ0) is 13.8. The summed E-state index contributed by atoms with van der Waals surface area (Å²) in [6.07, 6.45) is 6.36. The normalized spacial score (nSPS) is 12.4. The van der Waals surface area contributed by atoms with E-state index in [0.29, 0.717) is 0 Å². The van der Waals surface area contributed by atoms with Crippen LogP contribution in [0.1, 0.15) is 23.6 Å². The lowest BCUT2D eigenvalue weighted by Gasteiger charge is -2.08. The van der Waals surface area contributed by atoms with Crippen LogP contribution in [-0.2, 0) is 6.42 Å².